The van der Waals surface area contributed by atoms with Gasteiger partial charge < -0.3 is 43.3 Å². The van der Waals surface area contributed by atoms with Crippen LogP contribution in [-0.2, 0) is 20.7 Å². The van der Waals surface area contributed by atoms with Crippen LogP contribution in [0, 0.1) is 0 Å². The summed E-state index contributed by atoms with van der Waals surface area (Å²) in [5, 5.41) is 7.89. The quantitative estimate of drug-likeness (QED) is 0.127. The molecule has 3 aliphatic rings. The number of amides is 2. The van der Waals surface area contributed by atoms with Crippen molar-refractivity contribution in [3.63, 3.8) is 0 Å². The molecule has 7 rings (SSSR count). The molecule has 9 heteroatoms. The van der Waals surface area contributed by atoms with Crippen LogP contribution in [0.3, 0.4) is 0 Å². The van der Waals surface area contributed by atoms with Crippen LogP contribution in [0.2, 0.25) is 0 Å². The van der Waals surface area contributed by atoms with Gasteiger partial charge in [0, 0.05) is 36.1 Å². The van der Waals surface area contributed by atoms with Gasteiger partial charge in [-0.05, 0) is 52.6 Å². The first-order chi connectivity index (χ1) is 21.3. The number of epoxide rings is 1. The summed E-state index contributed by atoms with van der Waals surface area (Å²) in [4.78, 5) is 37.1. The minimum absolute atomic E-state index is 0. The Bertz CT molecular complexity index is 1740. The number of anilines is 2. The molecule has 1 unspecified atom stereocenters. The van der Waals surface area contributed by atoms with Crippen LogP contribution in [0.1, 0.15) is 35.2 Å². The Morgan fingerprint density at radius 2 is 1.60 bits per heavy atom. The third kappa shape index (κ3) is 6.34. The smallest absolute Gasteiger partial charge is 0.411 e. The number of nitrogens with one attached hydrogen (secondary N) is 2. The number of likely N-dealkylation sites (N-methyl/N-ethyl adjacent to an activating group) is 1. The minimum atomic E-state index is -0.458. The van der Waals surface area contributed by atoms with E-state index in [9.17, 15) is 14.4 Å². The molecule has 232 valence electrons. The number of morpholine rings is 1. The highest BCUT2D eigenvalue weighted by molar-refractivity contribution is 5.96. The Morgan fingerprint density at radius 1 is 0.889 bits per heavy atom. The van der Waals surface area contributed by atoms with Gasteiger partial charge in [-0.2, -0.15) is 0 Å². The number of aldehydes is 1. The summed E-state index contributed by atoms with van der Waals surface area (Å²) in [6.45, 7) is 0. The number of fused-ring (bicyclic) bond motifs is 6. The standard InChI is InChI=1S/C36H35N3O5.HI/c1-39(2)31-19-28(20-32(39)35-34(31)44-35)43-36(42)38-30-17-22(9-14-29(30)24-6-4-3-5-7-24)10-15-33(41)37-27-13-12-25-16-23(21-40)8-11-26(25)18-27;/h3-9,11-14,16-18,21,28,31-32,34-35H,10,15,19-20H2,1-2H3,(H-,37,38,40,41,42);1H/t28?,31-,32+,34-,35+;. The normalized spacial score (nSPS) is 23.7. The first-order valence-corrected chi connectivity index (χ1v) is 15.2. The summed E-state index contributed by atoms with van der Waals surface area (Å²) in [6.07, 6.45) is 3.20. The molecule has 4 aromatic carbocycles. The van der Waals surface area contributed by atoms with Crippen LogP contribution in [0.5, 0.6) is 0 Å². The molecule has 2 bridgehead atoms. The molecule has 3 saturated heterocycles. The van der Waals surface area contributed by atoms with Crippen LogP contribution in [-0.4, -0.2) is 67.3 Å². The van der Waals surface area contributed by atoms with E-state index in [1.54, 1.807) is 6.07 Å². The van der Waals surface area contributed by atoms with Crippen molar-refractivity contribution in [3.05, 3.63) is 96.1 Å². The molecule has 0 radical (unpaired) electrons. The molecule has 5 atom stereocenters. The van der Waals surface area contributed by atoms with Crippen molar-refractivity contribution >= 4 is 40.4 Å². The van der Waals surface area contributed by atoms with E-state index in [2.05, 4.69) is 24.7 Å². The molecule has 4 aromatic rings. The van der Waals surface area contributed by atoms with E-state index in [1.807, 2.05) is 78.9 Å². The highest BCUT2D eigenvalue weighted by atomic mass is 127. The number of ether oxygens (including phenoxy) is 2. The molecule has 3 fully saturated rings. The van der Waals surface area contributed by atoms with Gasteiger partial charge in [0.15, 0.2) is 0 Å². The molecule has 2 amide bonds. The summed E-state index contributed by atoms with van der Waals surface area (Å²) in [5.41, 5.74) is 4.78. The van der Waals surface area contributed by atoms with E-state index in [-0.39, 0.29) is 42.4 Å². The third-order valence-electron chi connectivity index (χ3n) is 9.64. The lowest BCUT2D eigenvalue weighted by atomic mass is 9.96. The van der Waals surface area contributed by atoms with Crippen molar-refractivity contribution in [3.8, 4) is 11.1 Å². The zero-order valence-corrected chi connectivity index (χ0v) is 27.4. The van der Waals surface area contributed by atoms with E-state index in [4.69, 9.17) is 9.47 Å². The first-order valence-electron chi connectivity index (χ1n) is 15.2. The Hall–Kier alpha value is -3.80. The Labute approximate surface area is 279 Å². The fourth-order valence-electron chi connectivity index (χ4n) is 7.21. The number of hydrogen-bond acceptors (Lipinski definition) is 5. The molecule has 0 spiro atoms. The number of piperidine rings is 1. The molecular weight excluding hydrogens is 681 g/mol. The summed E-state index contributed by atoms with van der Waals surface area (Å²) in [7, 11) is 4.51. The predicted molar refractivity (Wildman–Crippen MR) is 170 cm³/mol. The molecule has 0 aliphatic carbocycles. The van der Waals surface area contributed by atoms with Crippen LogP contribution in [0.15, 0.2) is 84.9 Å². The second-order valence-corrected chi connectivity index (χ2v) is 12.7. The third-order valence-corrected chi connectivity index (χ3v) is 9.64. The molecule has 0 saturated carbocycles. The predicted octanol–water partition coefficient (Wildman–Crippen LogP) is 3.20. The maximum absolute atomic E-state index is 13.2. The van der Waals surface area contributed by atoms with Crippen molar-refractivity contribution in [1.82, 2.24) is 0 Å². The lowest BCUT2D eigenvalue weighted by molar-refractivity contribution is -0.938. The second-order valence-electron chi connectivity index (χ2n) is 12.7. The lowest BCUT2D eigenvalue weighted by Gasteiger charge is -2.45. The number of hydrogen-bond donors (Lipinski definition) is 2. The van der Waals surface area contributed by atoms with E-state index in [0.717, 1.165) is 51.1 Å². The SMILES string of the molecule is C[N+]1(C)[C@@H]2CC(OC(=O)Nc3cc(CCC(=O)Nc4ccc5cc(C=O)ccc5c4)ccc3-c3ccccc3)C[C@H]1[C@@H]1O[C@@H]12.[I-]. The van der Waals surface area contributed by atoms with Crippen molar-refractivity contribution in [2.75, 3.05) is 24.7 Å². The minimum Gasteiger partial charge on any atom is -1.00 e. The fourth-order valence-corrected chi connectivity index (χ4v) is 7.21. The van der Waals surface area contributed by atoms with Gasteiger partial charge in [0.1, 0.15) is 36.7 Å². The fraction of sp³-hybridized carbons (Fsp3) is 0.306. The number of aryl methyl sites for hydroxylation is 1. The monoisotopic (exact) mass is 717 g/mol. The molecular formula is C36H36IN3O5. The summed E-state index contributed by atoms with van der Waals surface area (Å²) >= 11 is 0. The largest absolute Gasteiger partial charge is 1.00 e. The van der Waals surface area contributed by atoms with Crippen LogP contribution in [0.25, 0.3) is 21.9 Å². The number of benzene rings is 4. The number of carbonyl (C=O) groups excluding carboxylic acids is 3. The second kappa shape index (κ2) is 12.5. The number of nitrogens with zero attached hydrogens (tertiary/aromatic N) is 1. The number of carbonyl (C=O) groups is 3. The Balaban J connectivity index is 0.00000357. The molecule has 2 N–H and O–H groups in total. The summed E-state index contributed by atoms with van der Waals surface area (Å²) in [6, 6.07) is 27.6. The Morgan fingerprint density at radius 3 is 2.33 bits per heavy atom. The lowest BCUT2D eigenvalue weighted by Crippen LogP contribution is -3.00. The number of halogens is 1. The topological polar surface area (TPSA) is 97.0 Å². The molecule has 0 aromatic heterocycles. The van der Waals surface area contributed by atoms with Gasteiger partial charge in [0.05, 0.1) is 19.8 Å². The van der Waals surface area contributed by atoms with Crippen LogP contribution < -0.4 is 34.6 Å². The number of quaternary nitrogens is 1. The van der Waals surface area contributed by atoms with Gasteiger partial charge in [-0.3, -0.25) is 14.9 Å². The average Bonchev–Trinajstić information content (AvgIpc) is 3.79. The van der Waals surface area contributed by atoms with Crippen LogP contribution >= 0.6 is 0 Å². The zero-order chi connectivity index (χ0) is 30.4. The maximum atomic E-state index is 13.2. The van der Waals surface area contributed by atoms with Crippen LogP contribution in [0.4, 0.5) is 16.2 Å². The molecule has 45 heavy (non-hydrogen) atoms. The van der Waals surface area contributed by atoms with E-state index < -0.39 is 6.09 Å². The Kier molecular flexibility index (Phi) is 8.69. The highest BCUT2D eigenvalue weighted by Crippen LogP contribution is 2.51. The van der Waals surface area contributed by atoms with E-state index in [1.165, 1.54) is 0 Å². The highest BCUT2D eigenvalue weighted by Gasteiger charge is 2.70. The summed E-state index contributed by atoms with van der Waals surface area (Å²) in [5.74, 6) is -0.106. The van der Waals surface area contributed by atoms with Crippen molar-refractivity contribution < 1.29 is 52.3 Å². The van der Waals surface area contributed by atoms with Crippen molar-refractivity contribution in [2.45, 2.75) is 56.1 Å². The van der Waals surface area contributed by atoms with Gasteiger partial charge in [0.25, 0.3) is 0 Å². The van der Waals surface area contributed by atoms with E-state index in [0.29, 0.717) is 47.7 Å². The first kappa shape index (κ1) is 31.2. The average molecular weight is 718 g/mol. The zero-order valence-electron chi connectivity index (χ0n) is 25.2. The van der Waals surface area contributed by atoms with Crippen molar-refractivity contribution in [2.24, 2.45) is 0 Å². The molecule has 3 heterocycles. The maximum Gasteiger partial charge on any atom is 0.411 e. The van der Waals surface area contributed by atoms with Gasteiger partial charge in [-0.15, -0.1) is 0 Å². The van der Waals surface area contributed by atoms with Gasteiger partial charge in [-0.25, -0.2) is 4.79 Å². The van der Waals surface area contributed by atoms with Gasteiger partial charge >= 0.3 is 6.09 Å². The van der Waals surface area contributed by atoms with E-state index >= 15 is 0 Å². The molecule has 3 aliphatic heterocycles. The van der Waals surface area contributed by atoms with Gasteiger partial charge in [0.2, 0.25) is 5.91 Å². The number of rotatable bonds is 8. The van der Waals surface area contributed by atoms with Crippen molar-refractivity contribution in [1.29, 1.82) is 0 Å². The summed E-state index contributed by atoms with van der Waals surface area (Å²) < 4.78 is 12.8. The van der Waals surface area contributed by atoms with Gasteiger partial charge in [-0.1, -0.05) is 60.7 Å². The molecule has 8 nitrogen and oxygen atoms in total.